The number of morpholine rings is 1. The molecule has 1 fully saturated rings. The van der Waals surface area contributed by atoms with Gasteiger partial charge in [-0.1, -0.05) is 6.07 Å². The number of nitrogens with one attached hydrogen (secondary N) is 1. The molecule has 0 spiro atoms. The summed E-state index contributed by atoms with van der Waals surface area (Å²) in [5.74, 6) is 0.00729. The van der Waals surface area contributed by atoms with Crippen LogP contribution in [0, 0.1) is 0 Å². The highest BCUT2D eigenvalue weighted by molar-refractivity contribution is 7.20. The molecule has 1 amide bonds. The van der Waals surface area contributed by atoms with Gasteiger partial charge in [-0.25, -0.2) is 4.98 Å². The predicted molar refractivity (Wildman–Crippen MR) is 84.5 cm³/mol. The number of aromatic nitrogens is 1. The fourth-order valence-corrected chi connectivity index (χ4v) is 3.81. The van der Waals surface area contributed by atoms with E-state index in [9.17, 15) is 4.79 Å². The fraction of sp³-hybridized carbons (Fsp3) is 0.429. The van der Waals surface area contributed by atoms with Gasteiger partial charge < -0.3 is 15.0 Å². The Morgan fingerprint density at radius 2 is 2.48 bits per heavy atom. The van der Waals surface area contributed by atoms with E-state index in [0.717, 1.165) is 17.2 Å². The normalized spacial score (nSPS) is 18.6. The molecular weight excluding hydrogens is 306 g/mol. The standard InChI is InChI=1S/C14H17N3O2S2/c1-17(14(18)11-7-15-4-5-19-11)8-10-9-21-13(16-10)12-3-2-6-20-12/h2-3,6,9,11,15H,4-5,7-8H2,1H3/t11-/m0/s1. The number of hydrogen-bond donors (Lipinski definition) is 1. The lowest BCUT2D eigenvalue weighted by Crippen LogP contribution is -2.48. The van der Waals surface area contributed by atoms with Gasteiger partial charge >= 0.3 is 0 Å². The second-order valence-corrected chi connectivity index (χ2v) is 6.68. The second kappa shape index (κ2) is 6.65. The maximum absolute atomic E-state index is 12.3. The topological polar surface area (TPSA) is 54.5 Å². The van der Waals surface area contributed by atoms with E-state index in [1.54, 1.807) is 34.6 Å². The summed E-state index contributed by atoms with van der Waals surface area (Å²) in [6.07, 6.45) is -0.376. The first kappa shape index (κ1) is 14.6. The molecule has 2 aromatic rings. The first-order valence-electron chi connectivity index (χ1n) is 6.79. The molecule has 21 heavy (non-hydrogen) atoms. The quantitative estimate of drug-likeness (QED) is 0.932. The van der Waals surface area contributed by atoms with Crippen LogP contribution in [0.15, 0.2) is 22.9 Å². The van der Waals surface area contributed by atoms with Gasteiger partial charge in [0.1, 0.15) is 11.1 Å². The van der Waals surface area contributed by atoms with E-state index in [-0.39, 0.29) is 12.0 Å². The fourth-order valence-electron chi connectivity index (χ4n) is 2.18. The molecule has 0 aliphatic carbocycles. The Labute approximate surface area is 131 Å². The van der Waals surface area contributed by atoms with Crippen LogP contribution in [0.3, 0.4) is 0 Å². The number of likely N-dealkylation sites (N-methyl/N-ethyl adjacent to an activating group) is 1. The van der Waals surface area contributed by atoms with Crippen molar-refractivity contribution < 1.29 is 9.53 Å². The van der Waals surface area contributed by atoms with E-state index >= 15 is 0 Å². The van der Waals surface area contributed by atoms with Crippen LogP contribution < -0.4 is 5.32 Å². The summed E-state index contributed by atoms with van der Waals surface area (Å²) in [6.45, 7) is 2.49. The molecule has 1 N–H and O–H groups in total. The molecule has 0 saturated carbocycles. The minimum absolute atomic E-state index is 0.00729. The van der Waals surface area contributed by atoms with E-state index in [4.69, 9.17) is 4.74 Å². The third-order valence-electron chi connectivity index (χ3n) is 3.26. The van der Waals surface area contributed by atoms with Crippen molar-refractivity contribution in [3.63, 3.8) is 0 Å². The summed E-state index contributed by atoms with van der Waals surface area (Å²) in [4.78, 5) is 19.7. The third-order valence-corrected chi connectivity index (χ3v) is 5.19. The molecule has 7 heteroatoms. The highest BCUT2D eigenvalue weighted by Gasteiger charge is 2.25. The van der Waals surface area contributed by atoms with Crippen LogP contribution in [0.5, 0.6) is 0 Å². The van der Waals surface area contributed by atoms with Gasteiger partial charge in [0.2, 0.25) is 0 Å². The molecule has 0 unspecified atom stereocenters. The van der Waals surface area contributed by atoms with E-state index < -0.39 is 0 Å². The molecular formula is C14H17N3O2S2. The Morgan fingerprint density at radius 3 is 3.19 bits per heavy atom. The average molecular weight is 323 g/mol. The Kier molecular flexibility index (Phi) is 4.64. The summed E-state index contributed by atoms with van der Waals surface area (Å²) in [5.41, 5.74) is 0.919. The summed E-state index contributed by atoms with van der Waals surface area (Å²) in [5, 5.41) is 8.24. The smallest absolute Gasteiger partial charge is 0.253 e. The van der Waals surface area contributed by atoms with Gasteiger partial charge in [0.05, 0.1) is 23.7 Å². The largest absolute Gasteiger partial charge is 0.366 e. The molecule has 3 rings (SSSR count). The lowest BCUT2D eigenvalue weighted by Gasteiger charge is -2.26. The van der Waals surface area contributed by atoms with Gasteiger partial charge in [0.25, 0.3) is 5.91 Å². The van der Waals surface area contributed by atoms with Gasteiger partial charge in [-0.15, -0.1) is 22.7 Å². The number of ether oxygens (including phenoxy) is 1. The molecule has 5 nitrogen and oxygen atoms in total. The summed E-state index contributed by atoms with van der Waals surface area (Å²) < 4.78 is 5.49. The lowest BCUT2D eigenvalue weighted by atomic mass is 10.2. The molecule has 0 bridgehead atoms. The van der Waals surface area contributed by atoms with Gasteiger partial charge in [-0.3, -0.25) is 4.79 Å². The van der Waals surface area contributed by atoms with Crippen LogP contribution in [0.25, 0.3) is 9.88 Å². The van der Waals surface area contributed by atoms with Crippen molar-refractivity contribution in [2.75, 3.05) is 26.7 Å². The molecule has 0 radical (unpaired) electrons. The van der Waals surface area contributed by atoms with Crippen molar-refractivity contribution >= 4 is 28.6 Å². The zero-order valence-electron chi connectivity index (χ0n) is 11.7. The number of nitrogens with zero attached hydrogens (tertiary/aromatic N) is 2. The third kappa shape index (κ3) is 3.49. The van der Waals surface area contributed by atoms with Crippen molar-refractivity contribution in [2.24, 2.45) is 0 Å². The molecule has 3 heterocycles. The van der Waals surface area contributed by atoms with Crippen molar-refractivity contribution in [3.8, 4) is 9.88 Å². The average Bonchev–Trinajstić information content (AvgIpc) is 3.18. The number of carbonyl (C=O) groups excluding carboxylic acids is 1. The SMILES string of the molecule is CN(Cc1csc(-c2cccs2)n1)C(=O)[C@@H]1CNCCO1. The Morgan fingerprint density at radius 1 is 1.57 bits per heavy atom. The van der Waals surface area contributed by atoms with Crippen molar-refractivity contribution in [1.82, 2.24) is 15.2 Å². The minimum Gasteiger partial charge on any atom is -0.366 e. The van der Waals surface area contributed by atoms with Crippen molar-refractivity contribution in [1.29, 1.82) is 0 Å². The van der Waals surface area contributed by atoms with Crippen LogP contribution in [0.1, 0.15) is 5.69 Å². The Balaban J connectivity index is 1.62. The molecule has 1 atom stereocenters. The summed E-state index contributed by atoms with van der Waals surface area (Å²) in [7, 11) is 1.80. The van der Waals surface area contributed by atoms with Crippen LogP contribution >= 0.6 is 22.7 Å². The summed E-state index contributed by atoms with van der Waals surface area (Å²) in [6, 6.07) is 4.08. The highest BCUT2D eigenvalue weighted by atomic mass is 32.1. The van der Waals surface area contributed by atoms with E-state index in [1.165, 1.54) is 4.88 Å². The molecule has 112 valence electrons. The van der Waals surface area contributed by atoms with E-state index in [1.807, 2.05) is 16.8 Å². The van der Waals surface area contributed by atoms with E-state index in [0.29, 0.717) is 19.7 Å². The molecule has 1 saturated heterocycles. The first-order valence-corrected chi connectivity index (χ1v) is 8.55. The number of amides is 1. The number of rotatable bonds is 4. The van der Waals surface area contributed by atoms with Gasteiger partial charge in [0, 0.05) is 25.5 Å². The second-order valence-electron chi connectivity index (χ2n) is 4.88. The maximum atomic E-state index is 12.3. The number of carbonyl (C=O) groups is 1. The maximum Gasteiger partial charge on any atom is 0.253 e. The molecule has 0 aromatic carbocycles. The van der Waals surface area contributed by atoms with Gasteiger partial charge in [-0.2, -0.15) is 0 Å². The van der Waals surface area contributed by atoms with Crippen molar-refractivity contribution in [2.45, 2.75) is 12.6 Å². The molecule has 2 aromatic heterocycles. The van der Waals surface area contributed by atoms with Crippen LogP contribution in [0.4, 0.5) is 0 Å². The monoisotopic (exact) mass is 323 g/mol. The zero-order valence-corrected chi connectivity index (χ0v) is 13.4. The summed E-state index contributed by atoms with van der Waals surface area (Å²) >= 11 is 3.29. The van der Waals surface area contributed by atoms with Crippen LogP contribution in [-0.4, -0.2) is 48.6 Å². The number of thiophene rings is 1. The lowest BCUT2D eigenvalue weighted by molar-refractivity contribution is -0.144. The predicted octanol–water partition coefficient (Wildman–Crippen LogP) is 1.82. The molecule has 1 aliphatic rings. The zero-order chi connectivity index (χ0) is 14.7. The van der Waals surface area contributed by atoms with Crippen LogP contribution in [-0.2, 0) is 16.1 Å². The highest BCUT2D eigenvalue weighted by Crippen LogP contribution is 2.28. The molecule has 1 aliphatic heterocycles. The van der Waals surface area contributed by atoms with Crippen LogP contribution in [0.2, 0.25) is 0 Å². The number of thiazole rings is 1. The first-order chi connectivity index (χ1) is 10.2. The van der Waals surface area contributed by atoms with Gasteiger partial charge in [0.15, 0.2) is 0 Å². The Bertz CT molecular complexity index is 591. The number of hydrogen-bond acceptors (Lipinski definition) is 6. The minimum atomic E-state index is -0.376. The van der Waals surface area contributed by atoms with E-state index in [2.05, 4.69) is 16.4 Å². The van der Waals surface area contributed by atoms with Gasteiger partial charge in [-0.05, 0) is 11.4 Å². The van der Waals surface area contributed by atoms with Crippen molar-refractivity contribution in [3.05, 3.63) is 28.6 Å². The Hall–Kier alpha value is -1.28.